The summed E-state index contributed by atoms with van der Waals surface area (Å²) in [5.41, 5.74) is 11.0. The fourth-order valence-electron chi connectivity index (χ4n) is 5.59. The van der Waals surface area contributed by atoms with Gasteiger partial charge in [-0.3, -0.25) is 0 Å². The largest absolute Gasteiger partial charge is 0.312 e. The van der Waals surface area contributed by atoms with Gasteiger partial charge in [-0.15, -0.1) is 0 Å². The minimum atomic E-state index is -0.0495. The molecule has 0 bridgehead atoms. The summed E-state index contributed by atoms with van der Waals surface area (Å²) in [7, 11) is 0. The maximum absolute atomic E-state index is 2.55. The van der Waals surface area contributed by atoms with Gasteiger partial charge in [0, 0.05) is 33.2 Å². The van der Waals surface area contributed by atoms with Crippen LogP contribution in [-0.4, -0.2) is 6.71 Å². The lowest BCUT2D eigenvalue weighted by Gasteiger charge is -2.45. The highest BCUT2D eigenvalue weighted by molar-refractivity contribution is 14.1. The van der Waals surface area contributed by atoms with Gasteiger partial charge in [0.05, 0.1) is 0 Å². The van der Waals surface area contributed by atoms with Crippen molar-refractivity contribution >= 4 is 108 Å². The number of benzene rings is 4. The topological polar surface area (TPSA) is 3.24 Å². The summed E-state index contributed by atoms with van der Waals surface area (Å²) >= 11 is 7.39. The van der Waals surface area contributed by atoms with Crippen LogP contribution in [0.5, 0.6) is 0 Å². The molecule has 32 heavy (non-hydrogen) atoms. The van der Waals surface area contributed by atoms with Crippen LogP contribution in [0.15, 0.2) is 78.9 Å². The van der Waals surface area contributed by atoms with E-state index in [0.29, 0.717) is 0 Å². The van der Waals surface area contributed by atoms with E-state index in [-0.39, 0.29) is 12.1 Å². The predicted molar refractivity (Wildman–Crippen MR) is 163 cm³/mol. The average molecular weight is 749 g/mol. The van der Waals surface area contributed by atoms with Gasteiger partial charge >= 0.3 is 0 Å². The van der Waals surface area contributed by atoms with E-state index >= 15 is 0 Å². The van der Waals surface area contributed by atoms with Crippen LogP contribution in [0.4, 0.5) is 17.1 Å². The van der Waals surface area contributed by atoms with E-state index in [1.165, 1.54) is 55.3 Å². The number of anilines is 3. The number of fused-ring (bicyclic) bond motifs is 4. The Morgan fingerprint density at radius 2 is 1.41 bits per heavy atom. The Bertz CT molecular complexity index is 1390. The van der Waals surface area contributed by atoms with Crippen LogP contribution in [0, 0.1) is 10.7 Å². The molecule has 1 nitrogen and oxygen atoms in total. The summed E-state index contributed by atoms with van der Waals surface area (Å²) in [5, 5.41) is 0. The summed E-state index contributed by atoms with van der Waals surface area (Å²) in [6.45, 7) is 5.03. The van der Waals surface area contributed by atoms with Crippen molar-refractivity contribution in [2.24, 2.45) is 0 Å². The number of rotatable bonds is 1. The number of hydrogen-bond acceptors (Lipinski definition) is 1. The van der Waals surface area contributed by atoms with E-state index in [1.807, 2.05) is 0 Å². The molecule has 0 aliphatic carbocycles. The van der Waals surface area contributed by atoms with Crippen molar-refractivity contribution in [2.75, 3.05) is 4.90 Å². The first-order chi connectivity index (χ1) is 15.4. The third-order valence-electron chi connectivity index (χ3n) is 6.90. The van der Waals surface area contributed by atoms with Gasteiger partial charge in [0.2, 0.25) is 6.71 Å². The lowest BCUT2D eigenvalue weighted by Crippen LogP contribution is -2.64. The molecular formula is C27H19BI3N. The maximum atomic E-state index is 2.55. The van der Waals surface area contributed by atoms with Gasteiger partial charge < -0.3 is 4.90 Å². The zero-order valence-corrected chi connectivity index (χ0v) is 24.1. The molecule has 0 aromatic heterocycles. The van der Waals surface area contributed by atoms with E-state index in [1.54, 1.807) is 0 Å². The molecule has 4 aromatic rings. The van der Waals surface area contributed by atoms with Crippen LogP contribution in [0.1, 0.15) is 25.0 Å². The smallest absolute Gasteiger partial charge is 0.247 e. The number of nitrogens with zero attached hydrogens (tertiary/aromatic N) is 1. The van der Waals surface area contributed by atoms with Gasteiger partial charge in [0.15, 0.2) is 0 Å². The van der Waals surface area contributed by atoms with Crippen molar-refractivity contribution in [3.8, 4) is 0 Å². The Labute approximate surface area is 230 Å². The molecule has 4 aromatic carbocycles. The van der Waals surface area contributed by atoms with Crippen LogP contribution in [0.25, 0.3) is 0 Å². The zero-order valence-electron chi connectivity index (χ0n) is 17.7. The van der Waals surface area contributed by atoms with Crippen LogP contribution in [-0.2, 0) is 5.41 Å². The summed E-state index contributed by atoms with van der Waals surface area (Å²) in [6, 6.07) is 29.5. The Morgan fingerprint density at radius 3 is 2.19 bits per heavy atom. The molecule has 0 saturated carbocycles. The fourth-order valence-corrected chi connectivity index (χ4v) is 7.61. The Hall–Kier alpha value is -1.07. The molecule has 5 heteroatoms. The van der Waals surface area contributed by atoms with Crippen molar-refractivity contribution in [1.82, 2.24) is 0 Å². The molecule has 6 rings (SSSR count). The molecule has 0 N–H and O–H groups in total. The van der Waals surface area contributed by atoms with E-state index in [2.05, 4.69) is 165 Å². The molecule has 2 heterocycles. The minimum Gasteiger partial charge on any atom is -0.312 e. The van der Waals surface area contributed by atoms with Gasteiger partial charge in [-0.1, -0.05) is 49.6 Å². The molecule has 2 aliphatic heterocycles. The lowest BCUT2D eigenvalue weighted by atomic mass is 9.30. The van der Waals surface area contributed by atoms with Crippen LogP contribution in [0.3, 0.4) is 0 Å². The van der Waals surface area contributed by atoms with Crippen molar-refractivity contribution in [2.45, 2.75) is 19.3 Å². The Kier molecular flexibility index (Phi) is 5.19. The van der Waals surface area contributed by atoms with Crippen LogP contribution >= 0.6 is 67.8 Å². The van der Waals surface area contributed by atoms with E-state index in [4.69, 9.17) is 0 Å². The first-order valence-electron chi connectivity index (χ1n) is 10.7. The quantitative estimate of drug-likeness (QED) is 0.141. The first kappa shape index (κ1) is 21.5. The third kappa shape index (κ3) is 3.06. The van der Waals surface area contributed by atoms with Crippen LogP contribution in [0.2, 0.25) is 0 Å². The second kappa shape index (κ2) is 7.73. The van der Waals surface area contributed by atoms with Crippen molar-refractivity contribution < 1.29 is 0 Å². The van der Waals surface area contributed by atoms with Gasteiger partial charge in [0.1, 0.15) is 0 Å². The highest BCUT2D eigenvalue weighted by atomic mass is 127. The fraction of sp³-hybridized carbons (Fsp3) is 0.111. The number of halogens is 3. The molecule has 0 unspecified atom stereocenters. The van der Waals surface area contributed by atoms with Crippen LogP contribution < -0.4 is 21.3 Å². The highest BCUT2D eigenvalue weighted by Crippen LogP contribution is 2.43. The highest BCUT2D eigenvalue weighted by Gasteiger charge is 2.46. The Morgan fingerprint density at radius 1 is 0.719 bits per heavy atom. The molecule has 0 spiro atoms. The first-order valence-corrected chi connectivity index (χ1v) is 13.9. The monoisotopic (exact) mass is 749 g/mol. The molecule has 2 aliphatic rings. The minimum absolute atomic E-state index is 0.0495. The van der Waals surface area contributed by atoms with E-state index < -0.39 is 0 Å². The van der Waals surface area contributed by atoms with E-state index in [0.717, 1.165) is 0 Å². The summed E-state index contributed by atoms with van der Waals surface area (Å²) in [4.78, 5) is 2.47. The molecule has 0 saturated heterocycles. The molecule has 156 valence electrons. The van der Waals surface area contributed by atoms with Crippen molar-refractivity contribution in [3.05, 3.63) is 101 Å². The van der Waals surface area contributed by atoms with Gasteiger partial charge in [-0.05, 0) is 138 Å². The molecular weight excluding hydrogens is 730 g/mol. The maximum Gasteiger partial charge on any atom is 0.247 e. The predicted octanol–water partition coefficient (Wildman–Crippen LogP) is 6.44. The SMILES string of the molecule is CC1(C)c2ccccc2B2c3cc(I)ccc3N(c3ccc(I)cc3)c3ccc(I)c1c32. The molecule has 0 fully saturated rings. The average Bonchev–Trinajstić information content (AvgIpc) is 2.77. The second-order valence-electron chi connectivity index (χ2n) is 9.02. The summed E-state index contributed by atoms with van der Waals surface area (Å²) in [6.07, 6.45) is 0. The van der Waals surface area contributed by atoms with Gasteiger partial charge in [-0.25, -0.2) is 0 Å². The number of hydrogen-bond donors (Lipinski definition) is 0. The Balaban J connectivity index is 1.76. The van der Waals surface area contributed by atoms with Gasteiger partial charge in [0.25, 0.3) is 0 Å². The second-order valence-corrected chi connectivity index (χ2v) is 12.7. The van der Waals surface area contributed by atoms with E-state index in [9.17, 15) is 0 Å². The molecule has 0 amide bonds. The zero-order chi connectivity index (χ0) is 22.2. The lowest BCUT2D eigenvalue weighted by molar-refractivity contribution is 0.642. The van der Waals surface area contributed by atoms with Gasteiger partial charge in [-0.2, -0.15) is 0 Å². The normalized spacial score (nSPS) is 15.2. The van der Waals surface area contributed by atoms with Crippen molar-refractivity contribution in [1.29, 1.82) is 0 Å². The molecule has 0 radical (unpaired) electrons. The van der Waals surface area contributed by atoms with Crippen molar-refractivity contribution in [3.63, 3.8) is 0 Å². The molecule has 0 atom stereocenters. The summed E-state index contributed by atoms with van der Waals surface area (Å²) in [5.74, 6) is 0. The standard InChI is InChI=1S/C27H19BI3N/c1-27(2)19-5-3-4-6-20(19)28-21-15-17(30)9-13-23(21)32(18-10-7-16(29)8-11-18)24-14-12-22(31)25(27)26(24)28/h3-15H,1-2H3. The summed E-state index contributed by atoms with van der Waals surface area (Å²) < 4.78 is 3.88. The third-order valence-corrected chi connectivity index (χ3v) is 9.19.